The van der Waals surface area contributed by atoms with Crippen molar-refractivity contribution in [3.63, 3.8) is 0 Å². The molecule has 2 nitrogen and oxygen atoms in total. The van der Waals surface area contributed by atoms with Gasteiger partial charge in [-0.05, 0) is 31.7 Å². The number of thiophene rings is 1. The van der Waals surface area contributed by atoms with E-state index >= 15 is 0 Å². The SMILES string of the molecule is OC1CC2CCC(C1)N2Cc1sc2ccccc2c1Cl. The summed E-state index contributed by atoms with van der Waals surface area (Å²) in [7, 11) is 0. The molecule has 0 spiro atoms. The summed E-state index contributed by atoms with van der Waals surface area (Å²) in [6, 6.07) is 9.46. The predicted octanol–water partition coefficient (Wildman–Crippen LogP) is 4.04. The molecule has 0 amide bonds. The van der Waals surface area contributed by atoms with Crippen molar-refractivity contribution in [2.75, 3.05) is 0 Å². The quantitative estimate of drug-likeness (QED) is 0.905. The molecule has 1 aromatic heterocycles. The largest absolute Gasteiger partial charge is 0.393 e. The molecule has 3 heterocycles. The highest BCUT2D eigenvalue weighted by Crippen LogP contribution is 2.41. The van der Waals surface area contributed by atoms with E-state index in [1.54, 1.807) is 0 Å². The number of rotatable bonds is 2. The highest BCUT2D eigenvalue weighted by Gasteiger charge is 2.40. The van der Waals surface area contributed by atoms with Crippen molar-refractivity contribution in [2.45, 2.75) is 50.4 Å². The van der Waals surface area contributed by atoms with Crippen LogP contribution in [0.4, 0.5) is 0 Å². The van der Waals surface area contributed by atoms with Gasteiger partial charge in [0.15, 0.2) is 0 Å². The maximum Gasteiger partial charge on any atom is 0.0637 e. The monoisotopic (exact) mass is 307 g/mol. The highest BCUT2D eigenvalue weighted by atomic mass is 35.5. The number of benzene rings is 1. The summed E-state index contributed by atoms with van der Waals surface area (Å²) in [5.41, 5.74) is 0. The van der Waals surface area contributed by atoms with Crippen molar-refractivity contribution in [3.8, 4) is 0 Å². The van der Waals surface area contributed by atoms with E-state index in [1.165, 1.54) is 27.8 Å². The molecular formula is C16H18ClNOS. The molecule has 4 heteroatoms. The molecule has 2 bridgehead atoms. The second-order valence-electron chi connectivity index (χ2n) is 6.02. The van der Waals surface area contributed by atoms with Crippen LogP contribution in [0.3, 0.4) is 0 Å². The van der Waals surface area contributed by atoms with E-state index in [-0.39, 0.29) is 6.10 Å². The van der Waals surface area contributed by atoms with E-state index in [4.69, 9.17) is 11.6 Å². The summed E-state index contributed by atoms with van der Waals surface area (Å²) in [5.74, 6) is 0. The first-order valence-electron chi connectivity index (χ1n) is 7.32. The van der Waals surface area contributed by atoms with Gasteiger partial charge in [-0.25, -0.2) is 0 Å². The Balaban J connectivity index is 1.63. The van der Waals surface area contributed by atoms with Gasteiger partial charge in [0.1, 0.15) is 0 Å². The second-order valence-corrected chi connectivity index (χ2v) is 7.53. The van der Waals surface area contributed by atoms with Crippen molar-refractivity contribution in [3.05, 3.63) is 34.2 Å². The summed E-state index contributed by atoms with van der Waals surface area (Å²) >= 11 is 8.37. The van der Waals surface area contributed by atoms with Gasteiger partial charge < -0.3 is 5.11 Å². The van der Waals surface area contributed by atoms with Crippen LogP contribution in [-0.4, -0.2) is 28.2 Å². The van der Waals surface area contributed by atoms with E-state index in [2.05, 4.69) is 23.1 Å². The van der Waals surface area contributed by atoms with Crippen LogP contribution in [0.1, 0.15) is 30.6 Å². The molecule has 2 aliphatic heterocycles. The molecule has 106 valence electrons. The average Bonchev–Trinajstić information content (AvgIpc) is 2.87. The third kappa shape index (κ3) is 2.08. The lowest BCUT2D eigenvalue weighted by Gasteiger charge is -2.36. The highest BCUT2D eigenvalue weighted by molar-refractivity contribution is 7.19. The minimum Gasteiger partial charge on any atom is -0.393 e. The van der Waals surface area contributed by atoms with Crippen molar-refractivity contribution >= 4 is 33.0 Å². The first kappa shape index (κ1) is 13.1. The van der Waals surface area contributed by atoms with Gasteiger partial charge in [-0.15, -0.1) is 11.3 Å². The molecule has 2 aromatic rings. The molecule has 0 saturated carbocycles. The smallest absolute Gasteiger partial charge is 0.0637 e. The number of nitrogens with zero attached hydrogens (tertiary/aromatic N) is 1. The van der Waals surface area contributed by atoms with Gasteiger partial charge >= 0.3 is 0 Å². The molecule has 4 rings (SSSR count). The zero-order valence-corrected chi connectivity index (χ0v) is 12.8. The lowest BCUT2D eigenvalue weighted by molar-refractivity contribution is 0.0316. The number of piperidine rings is 1. The predicted molar refractivity (Wildman–Crippen MR) is 84.4 cm³/mol. The molecule has 2 fully saturated rings. The van der Waals surface area contributed by atoms with Crippen molar-refractivity contribution in [1.82, 2.24) is 4.90 Å². The fourth-order valence-electron chi connectivity index (χ4n) is 3.84. The molecule has 1 N–H and O–H groups in total. The van der Waals surface area contributed by atoms with E-state index in [9.17, 15) is 5.11 Å². The summed E-state index contributed by atoms with van der Waals surface area (Å²) in [6.07, 6.45) is 4.22. The van der Waals surface area contributed by atoms with Gasteiger partial charge in [-0.1, -0.05) is 29.8 Å². The number of aliphatic hydroxyl groups excluding tert-OH is 1. The van der Waals surface area contributed by atoms with Crippen LogP contribution in [0.25, 0.3) is 10.1 Å². The first-order valence-corrected chi connectivity index (χ1v) is 8.51. The topological polar surface area (TPSA) is 23.5 Å². The number of hydrogen-bond donors (Lipinski definition) is 1. The summed E-state index contributed by atoms with van der Waals surface area (Å²) < 4.78 is 1.27. The van der Waals surface area contributed by atoms with Crippen molar-refractivity contribution in [1.29, 1.82) is 0 Å². The number of fused-ring (bicyclic) bond motifs is 3. The van der Waals surface area contributed by atoms with Gasteiger partial charge in [0.25, 0.3) is 0 Å². The number of hydrogen-bond acceptors (Lipinski definition) is 3. The molecule has 0 radical (unpaired) electrons. The maximum absolute atomic E-state index is 9.89. The normalized spacial score (nSPS) is 30.2. The first-order chi connectivity index (χ1) is 9.72. The standard InChI is InChI=1S/C16H18ClNOS/c17-16-13-3-1-2-4-14(13)20-15(16)9-18-10-5-6-11(18)8-12(19)7-10/h1-4,10-12,19H,5-9H2. The second kappa shape index (κ2) is 4.99. The van der Waals surface area contributed by atoms with Crippen LogP contribution in [0.2, 0.25) is 5.02 Å². The summed E-state index contributed by atoms with van der Waals surface area (Å²) in [4.78, 5) is 3.85. The summed E-state index contributed by atoms with van der Waals surface area (Å²) in [5, 5.41) is 12.0. The molecule has 2 unspecified atom stereocenters. The van der Waals surface area contributed by atoms with Crippen LogP contribution in [0.5, 0.6) is 0 Å². The van der Waals surface area contributed by atoms with Crippen molar-refractivity contribution < 1.29 is 5.11 Å². The maximum atomic E-state index is 9.89. The molecule has 2 saturated heterocycles. The Hall–Kier alpha value is -0.610. The van der Waals surface area contributed by atoms with Crippen LogP contribution < -0.4 is 0 Å². The minimum absolute atomic E-state index is 0.0957. The zero-order chi connectivity index (χ0) is 13.7. The minimum atomic E-state index is -0.0957. The third-order valence-electron chi connectivity index (χ3n) is 4.79. The molecule has 20 heavy (non-hydrogen) atoms. The fraction of sp³-hybridized carbons (Fsp3) is 0.500. The molecule has 2 aliphatic rings. The lowest BCUT2D eigenvalue weighted by atomic mass is 10.00. The molecular weight excluding hydrogens is 290 g/mol. The van der Waals surface area contributed by atoms with E-state index in [0.29, 0.717) is 12.1 Å². The van der Waals surface area contributed by atoms with E-state index in [1.807, 2.05) is 17.4 Å². The Bertz CT molecular complexity index is 626. The van der Waals surface area contributed by atoms with Crippen LogP contribution >= 0.6 is 22.9 Å². The Kier molecular flexibility index (Phi) is 3.26. The van der Waals surface area contributed by atoms with Crippen LogP contribution in [0, 0.1) is 0 Å². The zero-order valence-electron chi connectivity index (χ0n) is 11.3. The Morgan fingerprint density at radius 2 is 1.90 bits per heavy atom. The van der Waals surface area contributed by atoms with Crippen LogP contribution in [0.15, 0.2) is 24.3 Å². The molecule has 1 aromatic carbocycles. The average molecular weight is 308 g/mol. The molecule has 2 atom stereocenters. The third-order valence-corrected chi connectivity index (χ3v) is 6.49. The van der Waals surface area contributed by atoms with E-state index in [0.717, 1.165) is 24.4 Å². The van der Waals surface area contributed by atoms with Gasteiger partial charge in [0.05, 0.1) is 11.1 Å². The fourth-order valence-corrected chi connectivity index (χ4v) is 5.34. The van der Waals surface area contributed by atoms with Gasteiger partial charge in [0, 0.05) is 33.6 Å². The number of aliphatic hydroxyl groups is 1. The Morgan fingerprint density at radius 1 is 1.20 bits per heavy atom. The van der Waals surface area contributed by atoms with Crippen molar-refractivity contribution in [2.24, 2.45) is 0 Å². The Morgan fingerprint density at radius 3 is 2.60 bits per heavy atom. The van der Waals surface area contributed by atoms with Gasteiger partial charge in [-0.2, -0.15) is 0 Å². The van der Waals surface area contributed by atoms with E-state index < -0.39 is 0 Å². The van der Waals surface area contributed by atoms with Crippen LogP contribution in [-0.2, 0) is 6.54 Å². The molecule has 0 aliphatic carbocycles. The lowest BCUT2D eigenvalue weighted by Crippen LogP contribution is -2.43. The summed E-state index contributed by atoms with van der Waals surface area (Å²) in [6.45, 7) is 0.945. The van der Waals surface area contributed by atoms with Gasteiger partial charge in [0.2, 0.25) is 0 Å². The Labute approximate surface area is 128 Å². The van der Waals surface area contributed by atoms with Gasteiger partial charge in [-0.3, -0.25) is 4.90 Å². The number of halogens is 1.